The molecule has 23 heavy (non-hydrogen) atoms. The van der Waals surface area contributed by atoms with Gasteiger partial charge < -0.3 is 15.1 Å². The van der Waals surface area contributed by atoms with Crippen molar-refractivity contribution in [2.75, 3.05) is 37.6 Å². The Morgan fingerprint density at radius 1 is 1.22 bits per heavy atom. The SMILES string of the molecule is CCNC(=NCc1ccn[nH]1)N1CCN(c2ccccn2)CC1. The molecule has 7 nitrogen and oxygen atoms in total. The maximum Gasteiger partial charge on any atom is 0.194 e. The monoisotopic (exact) mass is 313 g/mol. The van der Waals surface area contributed by atoms with Gasteiger partial charge in [0.25, 0.3) is 0 Å². The van der Waals surface area contributed by atoms with Crippen LogP contribution in [0.1, 0.15) is 12.6 Å². The molecule has 122 valence electrons. The summed E-state index contributed by atoms with van der Waals surface area (Å²) in [4.78, 5) is 13.8. The van der Waals surface area contributed by atoms with Crippen LogP contribution in [-0.4, -0.2) is 58.8 Å². The van der Waals surface area contributed by atoms with E-state index in [0.29, 0.717) is 6.54 Å². The zero-order valence-corrected chi connectivity index (χ0v) is 13.4. The summed E-state index contributed by atoms with van der Waals surface area (Å²) >= 11 is 0. The first-order valence-electron chi connectivity index (χ1n) is 8.04. The second-order valence-electron chi connectivity index (χ2n) is 5.41. The van der Waals surface area contributed by atoms with E-state index in [2.05, 4.69) is 43.3 Å². The average molecular weight is 313 g/mol. The van der Waals surface area contributed by atoms with E-state index in [-0.39, 0.29) is 0 Å². The van der Waals surface area contributed by atoms with E-state index in [4.69, 9.17) is 4.99 Å². The molecule has 0 aliphatic carbocycles. The molecule has 1 fully saturated rings. The number of guanidine groups is 1. The lowest BCUT2D eigenvalue weighted by atomic mass is 10.3. The largest absolute Gasteiger partial charge is 0.357 e. The van der Waals surface area contributed by atoms with Gasteiger partial charge in [-0.05, 0) is 25.1 Å². The number of pyridine rings is 1. The summed E-state index contributed by atoms with van der Waals surface area (Å²) in [6.07, 6.45) is 3.60. The van der Waals surface area contributed by atoms with Crippen LogP contribution < -0.4 is 10.2 Å². The number of nitrogens with zero attached hydrogens (tertiary/aromatic N) is 5. The quantitative estimate of drug-likeness (QED) is 0.653. The number of rotatable bonds is 4. The fourth-order valence-corrected chi connectivity index (χ4v) is 2.65. The van der Waals surface area contributed by atoms with Gasteiger partial charge in [-0.2, -0.15) is 5.10 Å². The van der Waals surface area contributed by atoms with Crippen LogP contribution in [0.25, 0.3) is 0 Å². The second-order valence-corrected chi connectivity index (χ2v) is 5.41. The molecular weight excluding hydrogens is 290 g/mol. The van der Waals surface area contributed by atoms with Crippen molar-refractivity contribution in [3.05, 3.63) is 42.4 Å². The average Bonchev–Trinajstić information content (AvgIpc) is 3.13. The van der Waals surface area contributed by atoms with Gasteiger partial charge in [0.1, 0.15) is 5.82 Å². The van der Waals surface area contributed by atoms with E-state index in [1.807, 2.05) is 24.4 Å². The molecule has 0 bridgehead atoms. The van der Waals surface area contributed by atoms with Crippen molar-refractivity contribution < 1.29 is 0 Å². The number of anilines is 1. The molecule has 2 aromatic heterocycles. The van der Waals surface area contributed by atoms with Crippen LogP contribution in [0.2, 0.25) is 0 Å². The van der Waals surface area contributed by atoms with Gasteiger partial charge in [-0.1, -0.05) is 6.07 Å². The third-order valence-corrected chi connectivity index (χ3v) is 3.84. The van der Waals surface area contributed by atoms with Crippen LogP contribution in [0.3, 0.4) is 0 Å². The molecular formula is C16H23N7. The molecule has 2 N–H and O–H groups in total. The molecule has 7 heteroatoms. The van der Waals surface area contributed by atoms with Gasteiger partial charge in [0.05, 0.1) is 12.2 Å². The minimum absolute atomic E-state index is 0.614. The van der Waals surface area contributed by atoms with Gasteiger partial charge in [0.15, 0.2) is 5.96 Å². The molecule has 2 aromatic rings. The van der Waals surface area contributed by atoms with Crippen molar-refractivity contribution in [2.45, 2.75) is 13.5 Å². The summed E-state index contributed by atoms with van der Waals surface area (Å²) in [7, 11) is 0. The van der Waals surface area contributed by atoms with Crippen molar-refractivity contribution >= 4 is 11.8 Å². The zero-order valence-electron chi connectivity index (χ0n) is 13.4. The first-order chi connectivity index (χ1) is 11.4. The molecule has 0 atom stereocenters. The Morgan fingerprint density at radius 3 is 2.74 bits per heavy atom. The van der Waals surface area contributed by atoms with Gasteiger partial charge in [-0.3, -0.25) is 5.10 Å². The molecule has 0 unspecified atom stereocenters. The number of H-pyrrole nitrogens is 1. The zero-order chi connectivity index (χ0) is 15.9. The van der Waals surface area contributed by atoms with Crippen LogP contribution in [0.15, 0.2) is 41.7 Å². The van der Waals surface area contributed by atoms with Crippen molar-refractivity contribution in [1.82, 2.24) is 25.4 Å². The number of nitrogens with one attached hydrogen (secondary N) is 2. The van der Waals surface area contributed by atoms with Crippen LogP contribution in [0.5, 0.6) is 0 Å². The number of aromatic amines is 1. The normalized spacial score (nSPS) is 15.8. The highest BCUT2D eigenvalue weighted by Gasteiger charge is 2.20. The second kappa shape index (κ2) is 7.62. The van der Waals surface area contributed by atoms with Crippen molar-refractivity contribution in [2.24, 2.45) is 4.99 Å². The van der Waals surface area contributed by atoms with Crippen LogP contribution >= 0.6 is 0 Å². The van der Waals surface area contributed by atoms with E-state index < -0.39 is 0 Å². The topological polar surface area (TPSA) is 72.4 Å². The van der Waals surface area contributed by atoms with Crippen molar-refractivity contribution in [1.29, 1.82) is 0 Å². The molecule has 0 spiro atoms. The maximum atomic E-state index is 4.70. The molecule has 1 aliphatic rings. The van der Waals surface area contributed by atoms with Crippen LogP contribution in [-0.2, 0) is 6.54 Å². The van der Waals surface area contributed by atoms with E-state index in [1.54, 1.807) is 6.20 Å². The summed E-state index contributed by atoms with van der Waals surface area (Å²) in [6, 6.07) is 8.00. The molecule has 3 rings (SSSR count). The van der Waals surface area contributed by atoms with Gasteiger partial charge in [0, 0.05) is 45.1 Å². The highest BCUT2D eigenvalue weighted by atomic mass is 15.4. The van der Waals surface area contributed by atoms with Crippen molar-refractivity contribution in [3.63, 3.8) is 0 Å². The maximum absolute atomic E-state index is 4.70. The molecule has 0 aromatic carbocycles. The van der Waals surface area contributed by atoms with Gasteiger partial charge in [-0.15, -0.1) is 0 Å². The summed E-state index contributed by atoms with van der Waals surface area (Å²) in [5, 5.41) is 10.3. The predicted octanol–water partition coefficient (Wildman–Crippen LogP) is 1.09. The fraction of sp³-hybridized carbons (Fsp3) is 0.438. The molecule has 0 saturated carbocycles. The number of hydrogen-bond donors (Lipinski definition) is 2. The Morgan fingerprint density at radius 2 is 2.09 bits per heavy atom. The Hall–Kier alpha value is -2.57. The fourth-order valence-electron chi connectivity index (χ4n) is 2.65. The lowest BCUT2D eigenvalue weighted by molar-refractivity contribution is 0.371. The van der Waals surface area contributed by atoms with E-state index in [0.717, 1.165) is 50.2 Å². The van der Waals surface area contributed by atoms with Gasteiger partial charge >= 0.3 is 0 Å². The number of aromatic nitrogens is 3. The first-order valence-corrected chi connectivity index (χ1v) is 8.04. The molecule has 1 saturated heterocycles. The van der Waals surface area contributed by atoms with E-state index in [9.17, 15) is 0 Å². The lowest BCUT2D eigenvalue weighted by Gasteiger charge is -2.37. The molecule has 0 amide bonds. The first kappa shape index (κ1) is 15.3. The van der Waals surface area contributed by atoms with Crippen molar-refractivity contribution in [3.8, 4) is 0 Å². The summed E-state index contributed by atoms with van der Waals surface area (Å²) in [5.41, 5.74) is 1.02. The van der Waals surface area contributed by atoms with E-state index in [1.165, 1.54) is 0 Å². The Kier molecular flexibility index (Phi) is 5.08. The molecule has 0 radical (unpaired) electrons. The van der Waals surface area contributed by atoms with Crippen LogP contribution in [0.4, 0.5) is 5.82 Å². The summed E-state index contributed by atoms with van der Waals surface area (Å²) in [5.74, 6) is 2.01. The number of aliphatic imine (C=N–C) groups is 1. The summed E-state index contributed by atoms with van der Waals surface area (Å²) in [6.45, 7) is 7.34. The predicted molar refractivity (Wildman–Crippen MR) is 91.4 cm³/mol. The molecule has 3 heterocycles. The Labute approximate surface area is 136 Å². The Balaban J connectivity index is 1.60. The van der Waals surface area contributed by atoms with E-state index >= 15 is 0 Å². The standard InChI is InChI=1S/C16H23N7/c1-2-17-16(19-13-14-6-8-20-21-14)23-11-9-22(10-12-23)15-5-3-4-7-18-15/h3-8H,2,9-13H2,1H3,(H,17,19)(H,20,21). The van der Waals surface area contributed by atoms with Gasteiger partial charge in [-0.25, -0.2) is 9.98 Å². The number of hydrogen-bond acceptors (Lipinski definition) is 4. The Bertz CT molecular complexity index is 601. The van der Waals surface area contributed by atoms with Gasteiger partial charge in [0.2, 0.25) is 0 Å². The van der Waals surface area contributed by atoms with Crippen LogP contribution in [0, 0.1) is 0 Å². The highest BCUT2D eigenvalue weighted by Crippen LogP contribution is 2.12. The third kappa shape index (κ3) is 4.00. The molecule has 1 aliphatic heterocycles. The minimum Gasteiger partial charge on any atom is -0.357 e. The number of piperazine rings is 1. The smallest absolute Gasteiger partial charge is 0.194 e. The summed E-state index contributed by atoms with van der Waals surface area (Å²) < 4.78 is 0. The minimum atomic E-state index is 0.614. The lowest BCUT2D eigenvalue weighted by Crippen LogP contribution is -2.52. The highest BCUT2D eigenvalue weighted by molar-refractivity contribution is 5.80. The third-order valence-electron chi connectivity index (χ3n) is 3.84.